The maximum atomic E-state index is 12.1. The topological polar surface area (TPSA) is 46.2 Å². The van der Waals surface area contributed by atoms with E-state index in [4.69, 9.17) is 41.2 Å². The molecule has 0 saturated heterocycles. The molecule has 3 nitrogen and oxygen atoms in total. The van der Waals surface area contributed by atoms with Crippen LogP contribution in [0.25, 0.3) is 0 Å². The second-order valence-corrected chi connectivity index (χ2v) is 6.94. The van der Waals surface area contributed by atoms with Gasteiger partial charge in [-0.15, -0.1) is 6.42 Å². The SMILES string of the molecule is C#CC(C)(C)NS(=O)(=O)c1cc(Cl)c(Cl)cc1Cl. The van der Waals surface area contributed by atoms with E-state index in [9.17, 15) is 8.42 Å². The predicted octanol–water partition coefficient (Wildman–Crippen LogP) is 3.34. The molecule has 0 aromatic heterocycles. The summed E-state index contributed by atoms with van der Waals surface area (Å²) in [5, 5.41) is 0.251. The fourth-order valence-electron chi connectivity index (χ4n) is 1.13. The number of hydrogen-bond acceptors (Lipinski definition) is 2. The predicted molar refractivity (Wildman–Crippen MR) is 74.7 cm³/mol. The number of halogens is 3. The summed E-state index contributed by atoms with van der Waals surface area (Å²) in [5.74, 6) is 2.32. The van der Waals surface area contributed by atoms with E-state index in [1.807, 2.05) is 0 Å². The van der Waals surface area contributed by atoms with Crippen LogP contribution in [-0.4, -0.2) is 14.0 Å². The van der Waals surface area contributed by atoms with Crippen molar-refractivity contribution in [3.05, 3.63) is 27.2 Å². The van der Waals surface area contributed by atoms with Crippen molar-refractivity contribution >= 4 is 44.8 Å². The highest BCUT2D eigenvalue weighted by Gasteiger charge is 2.26. The molecule has 0 aliphatic rings. The Balaban J connectivity index is 3.31. The number of hydrogen-bond donors (Lipinski definition) is 1. The van der Waals surface area contributed by atoms with Gasteiger partial charge in [0.1, 0.15) is 4.90 Å². The van der Waals surface area contributed by atoms with Crippen molar-refractivity contribution in [1.82, 2.24) is 4.72 Å². The van der Waals surface area contributed by atoms with Crippen molar-refractivity contribution in [2.45, 2.75) is 24.3 Å². The lowest BCUT2D eigenvalue weighted by atomic mass is 10.1. The summed E-state index contributed by atoms with van der Waals surface area (Å²) < 4.78 is 26.5. The van der Waals surface area contributed by atoms with Crippen LogP contribution in [0.5, 0.6) is 0 Å². The monoisotopic (exact) mass is 325 g/mol. The molecular weight excluding hydrogens is 317 g/mol. The molecule has 0 bridgehead atoms. The Morgan fingerprint density at radius 2 is 1.67 bits per heavy atom. The zero-order chi connectivity index (χ0) is 14.1. The highest BCUT2D eigenvalue weighted by atomic mass is 35.5. The molecule has 0 heterocycles. The second-order valence-electron chi connectivity index (χ2n) is 4.07. The molecule has 0 fully saturated rings. The molecule has 0 amide bonds. The lowest BCUT2D eigenvalue weighted by Crippen LogP contribution is -2.42. The average molecular weight is 327 g/mol. The summed E-state index contributed by atoms with van der Waals surface area (Å²) in [7, 11) is -3.87. The molecule has 1 aromatic carbocycles. The van der Waals surface area contributed by atoms with Crippen LogP contribution in [-0.2, 0) is 10.0 Å². The summed E-state index contributed by atoms with van der Waals surface area (Å²) >= 11 is 17.4. The minimum absolute atomic E-state index is 0.0234. The summed E-state index contributed by atoms with van der Waals surface area (Å²) in [6.07, 6.45) is 5.23. The largest absolute Gasteiger partial charge is 0.243 e. The van der Waals surface area contributed by atoms with Gasteiger partial charge in [-0.2, -0.15) is 4.72 Å². The van der Waals surface area contributed by atoms with Crippen molar-refractivity contribution in [2.75, 3.05) is 0 Å². The summed E-state index contributed by atoms with van der Waals surface area (Å²) in [5.41, 5.74) is -1.03. The first-order valence-electron chi connectivity index (χ1n) is 4.75. The van der Waals surface area contributed by atoms with Crippen molar-refractivity contribution in [1.29, 1.82) is 0 Å². The van der Waals surface area contributed by atoms with E-state index >= 15 is 0 Å². The lowest BCUT2D eigenvalue weighted by molar-refractivity contribution is 0.539. The van der Waals surface area contributed by atoms with E-state index in [1.165, 1.54) is 12.1 Å². The van der Waals surface area contributed by atoms with Gasteiger partial charge in [0.2, 0.25) is 10.0 Å². The third-order valence-corrected chi connectivity index (χ3v) is 4.86. The number of sulfonamides is 1. The Bertz CT molecular complexity index is 618. The molecule has 0 atom stereocenters. The zero-order valence-corrected chi connectivity index (χ0v) is 12.7. The van der Waals surface area contributed by atoms with Gasteiger partial charge >= 0.3 is 0 Å². The van der Waals surface area contributed by atoms with Gasteiger partial charge in [0, 0.05) is 0 Å². The molecule has 0 unspecified atom stereocenters. The molecule has 0 aliphatic heterocycles. The minimum Gasteiger partial charge on any atom is -0.207 e. The molecule has 0 radical (unpaired) electrons. The third-order valence-electron chi connectivity index (χ3n) is 2.01. The van der Waals surface area contributed by atoms with Gasteiger partial charge in [0.05, 0.1) is 20.6 Å². The zero-order valence-electron chi connectivity index (χ0n) is 9.59. The van der Waals surface area contributed by atoms with Crippen LogP contribution < -0.4 is 4.72 Å². The summed E-state index contributed by atoms with van der Waals surface area (Å²) in [6, 6.07) is 2.45. The van der Waals surface area contributed by atoms with Crippen LogP contribution in [0.2, 0.25) is 15.1 Å². The summed E-state index contributed by atoms with van der Waals surface area (Å²) in [6.45, 7) is 3.10. The first kappa shape index (κ1) is 15.6. The quantitative estimate of drug-likeness (QED) is 0.684. The van der Waals surface area contributed by atoms with Crippen LogP contribution in [0.4, 0.5) is 0 Å². The van der Waals surface area contributed by atoms with Gasteiger partial charge in [-0.3, -0.25) is 0 Å². The number of rotatable bonds is 3. The van der Waals surface area contributed by atoms with Crippen LogP contribution >= 0.6 is 34.8 Å². The number of terminal acetylenes is 1. The molecule has 1 rings (SSSR count). The van der Waals surface area contributed by atoms with Crippen molar-refractivity contribution < 1.29 is 8.42 Å². The first-order valence-corrected chi connectivity index (χ1v) is 7.37. The smallest absolute Gasteiger partial charge is 0.207 e. The highest BCUT2D eigenvalue weighted by molar-refractivity contribution is 7.89. The van der Waals surface area contributed by atoms with Gasteiger partial charge in [0.15, 0.2) is 0 Å². The number of benzene rings is 1. The standard InChI is InChI=1S/C11H10Cl3NO2S/c1-4-11(2,3)15-18(16,17)10-6-8(13)7(12)5-9(10)14/h1,5-6,15H,2-3H3. The van der Waals surface area contributed by atoms with Gasteiger partial charge < -0.3 is 0 Å². The normalized spacial score (nSPS) is 12.2. The average Bonchev–Trinajstić information content (AvgIpc) is 2.21. The van der Waals surface area contributed by atoms with Crippen LogP contribution in [0.1, 0.15) is 13.8 Å². The Hall–Kier alpha value is -0.440. The molecular formula is C11H10Cl3NO2S. The molecule has 7 heteroatoms. The Morgan fingerprint density at radius 1 is 1.17 bits per heavy atom. The van der Waals surface area contributed by atoms with Crippen molar-refractivity contribution in [2.24, 2.45) is 0 Å². The molecule has 98 valence electrons. The first-order chi connectivity index (χ1) is 8.09. The Labute approximate surface area is 121 Å². The molecule has 0 saturated carbocycles. The van der Waals surface area contributed by atoms with Crippen molar-refractivity contribution in [3.63, 3.8) is 0 Å². The van der Waals surface area contributed by atoms with Crippen LogP contribution in [0.3, 0.4) is 0 Å². The molecule has 0 spiro atoms. The van der Waals surface area contributed by atoms with E-state index in [0.29, 0.717) is 0 Å². The summed E-state index contributed by atoms with van der Waals surface area (Å²) in [4.78, 5) is -0.165. The van der Waals surface area contributed by atoms with Crippen LogP contribution in [0, 0.1) is 12.3 Å². The molecule has 1 N–H and O–H groups in total. The lowest BCUT2D eigenvalue weighted by Gasteiger charge is -2.20. The van der Waals surface area contributed by atoms with Gasteiger partial charge in [0.25, 0.3) is 0 Å². The van der Waals surface area contributed by atoms with Gasteiger partial charge in [-0.25, -0.2) is 8.42 Å². The highest BCUT2D eigenvalue weighted by Crippen LogP contribution is 2.31. The second kappa shape index (κ2) is 5.28. The van der Waals surface area contributed by atoms with E-state index in [2.05, 4.69) is 10.6 Å². The van der Waals surface area contributed by atoms with Crippen molar-refractivity contribution in [3.8, 4) is 12.3 Å². The van der Waals surface area contributed by atoms with E-state index in [1.54, 1.807) is 13.8 Å². The van der Waals surface area contributed by atoms with E-state index in [0.717, 1.165) is 0 Å². The van der Waals surface area contributed by atoms with E-state index in [-0.39, 0.29) is 20.0 Å². The fourth-order valence-corrected chi connectivity index (χ4v) is 3.48. The molecule has 18 heavy (non-hydrogen) atoms. The molecule has 1 aromatic rings. The van der Waals surface area contributed by atoms with Crippen LogP contribution in [0.15, 0.2) is 17.0 Å². The Kier molecular flexibility index (Phi) is 4.58. The van der Waals surface area contributed by atoms with Gasteiger partial charge in [-0.05, 0) is 26.0 Å². The number of nitrogens with one attached hydrogen (secondary N) is 1. The third kappa shape index (κ3) is 3.53. The fraction of sp³-hybridized carbons (Fsp3) is 0.273. The Morgan fingerprint density at radius 3 is 2.17 bits per heavy atom. The van der Waals surface area contributed by atoms with Gasteiger partial charge in [-0.1, -0.05) is 40.7 Å². The minimum atomic E-state index is -3.87. The maximum Gasteiger partial charge on any atom is 0.243 e. The van der Waals surface area contributed by atoms with E-state index < -0.39 is 15.6 Å². The maximum absolute atomic E-state index is 12.1. The molecule has 0 aliphatic carbocycles.